The average Bonchev–Trinajstić information content (AvgIpc) is 2.77. The standard InChI is InChI=1S/C13H13N3O3S/c1-7-3-8(2)10(12(18)19)4-9(7)5-14-16-13-15-11(17)6-20-13/h3-5H,6H2,1-2H3,(H,18,19)(H,15,16,17). The molecule has 0 aliphatic carbocycles. The number of nitrogens with zero attached hydrogens (tertiary/aromatic N) is 2. The SMILES string of the molecule is Cc1cc(C)c(C(=O)O)cc1C=NN=C1NC(=O)CS1. The van der Waals surface area contributed by atoms with Gasteiger partial charge < -0.3 is 10.4 Å². The first-order chi connectivity index (χ1) is 9.47. The Balaban J connectivity index is 2.23. The minimum absolute atomic E-state index is 0.0939. The molecule has 104 valence electrons. The first-order valence-corrected chi connectivity index (χ1v) is 6.84. The van der Waals surface area contributed by atoms with Crippen LogP contribution < -0.4 is 5.32 Å². The maximum Gasteiger partial charge on any atom is 0.335 e. The lowest BCUT2D eigenvalue weighted by atomic mass is 10.0. The Labute approximate surface area is 120 Å². The molecular weight excluding hydrogens is 278 g/mol. The van der Waals surface area contributed by atoms with Crippen LogP contribution in [0.25, 0.3) is 0 Å². The van der Waals surface area contributed by atoms with Crippen LogP contribution in [0, 0.1) is 13.8 Å². The quantitative estimate of drug-likeness (QED) is 0.653. The Morgan fingerprint density at radius 3 is 2.75 bits per heavy atom. The lowest BCUT2D eigenvalue weighted by Crippen LogP contribution is -2.19. The molecular formula is C13H13N3O3S. The van der Waals surface area contributed by atoms with E-state index in [2.05, 4.69) is 15.5 Å². The molecule has 1 fully saturated rings. The number of aryl methyl sites for hydroxylation is 2. The molecule has 1 aromatic carbocycles. The Bertz CT molecular complexity index is 638. The number of amides is 1. The number of rotatable bonds is 3. The first kappa shape index (κ1) is 14.3. The van der Waals surface area contributed by atoms with Crippen LogP contribution in [-0.2, 0) is 4.79 Å². The second-order valence-electron chi connectivity index (χ2n) is 4.32. The highest BCUT2D eigenvalue weighted by Crippen LogP contribution is 2.15. The number of amidine groups is 1. The van der Waals surface area contributed by atoms with Crippen molar-refractivity contribution in [3.8, 4) is 0 Å². The van der Waals surface area contributed by atoms with E-state index in [1.54, 1.807) is 19.1 Å². The van der Waals surface area contributed by atoms with Crippen LogP contribution >= 0.6 is 11.8 Å². The van der Waals surface area contributed by atoms with Gasteiger partial charge >= 0.3 is 5.97 Å². The van der Waals surface area contributed by atoms with E-state index in [4.69, 9.17) is 5.11 Å². The molecule has 0 bridgehead atoms. The van der Waals surface area contributed by atoms with Crippen molar-refractivity contribution in [2.45, 2.75) is 13.8 Å². The third-order valence-electron chi connectivity index (χ3n) is 2.78. The van der Waals surface area contributed by atoms with Gasteiger partial charge in [0, 0.05) is 0 Å². The van der Waals surface area contributed by atoms with Crippen molar-refractivity contribution in [2.75, 3.05) is 5.75 Å². The number of hydrogen-bond acceptors (Lipinski definition) is 5. The molecule has 20 heavy (non-hydrogen) atoms. The Kier molecular flexibility index (Phi) is 4.19. The van der Waals surface area contributed by atoms with Crippen molar-refractivity contribution in [3.05, 3.63) is 34.4 Å². The first-order valence-electron chi connectivity index (χ1n) is 5.85. The van der Waals surface area contributed by atoms with Gasteiger partial charge in [0.05, 0.1) is 17.5 Å². The number of aromatic carboxylic acids is 1. The summed E-state index contributed by atoms with van der Waals surface area (Å²) in [5.41, 5.74) is 2.55. The number of carboxylic acids is 1. The highest BCUT2D eigenvalue weighted by molar-refractivity contribution is 8.15. The summed E-state index contributed by atoms with van der Waals surface area (Å²) < 4.78 is 0. The average molecular weight is 291 g/mol. The Hall–Kier alpha value is -2.15. The topological polar surface area (TPSA) is 91.1 Å². The molecule has 0 atom stereocenters. The molecule has 0 aromatic heterocycles. The van der Waals surface area contributed by atoms with Crippen LogP contribution in [0.2, 0.25) is 0 Å². The highest BCUT2D eigenvalue weighted by atomic mass is 32.2. The van der Waals surface area contributed by atoms with E-state index in [1.807, 2.05) is 6.92 Å². The number of hydrogen-bond donors (Lipinski definition) is 2. The molecule has 0 radical (unpaired) electrons. The summed E-state index contributed by atoms with van der Waals surface area (Å²) in [4.78, 5) is 22.0. The summed E-state index contributed by atoms with van der Waals surface area (Å²) in [5, 5.41) is 19.9. The summed E-state index contributed by atoms with van der Waals surface area (Å²) in [7, 11) is 0. The molecule has 7 heteroatoms. The van der Waals surface area contributed by atoms with Crippen molar-refractivity contribution >= 4 is 35.0 Å². The summed E-state index contributed by atoms with van der Waals surface area (Å²) in [6, 6.07) is 3.36. The third kappa shape index (κ3) is 3.24. The van der Waals surface area contributed by atoms with Crippen LogP contribution in [0.15, 0.2) is 22.3 Å². The number of thioether (sulfide) groups is 1. The molecule has 0 unspecified atom stereocenters. The fraction of sp³-hybridized carbons (Fsp3) is 0.231. The van der Waals surface area contributed by atoms with Crippen molar-refractivity contribution < 1.29 is 14.7 Å². The van der Waals surface area contributed by atoms with Crippen LogP contribution in [0.1, 0.15) is 27.0 Å². The van der Waals surface area contributed by atoms with E-state index >= 15 is 0 Å². The normalized spacial score (nSPS) is 16.9. The number of carbonyl (C=O) groups is 2. The molecule has 1 heterocycles. The van der Waals surface area contributed by atoms with Gasteiger partial charge in [0.2, 0.25) is 5.91 Å². The minimum Gasteiger partial charge on any atom is -0.478 e. The Morgan fingerprint density at radius 1 is 1.40 bits per heavy atom. The van der Waals surface area contributed by atoms with E-state index in [-0.39, 0.29) is 11.5 Å². The summed E-state index contributed by atoms with van der Waals surface area (Å²) in [6.07, 6.45) is 1.49. The largest absolute Gasteiger partial charge is 0.478 e. The van der Waals surface area contributed by atoms with Crippen molar-refractivity contribution in [2.24, 2.45) is 10.2 Å². The van der Waals surface area contributed by atoms with Crippen LogP contribution in [0.4, 0.5) is 0 Å². The van der Waals surface area contributed by atoms with Crippen molar-refractivity contribution in [1.29, 1.82) is 0 Å². The zero-order valence-electron chi connectivity index (χ0n) is 11.0. The molecule has 0 spiro atoms. The van der Waals surface area contributed by atoms with E-state index in [0.717, 1.165) is 5.56 Å². The van der Waals surface area contributed by atoms with Gasteiger partial charge in [-0.2, -0.15) is 5.10 Å². The van der Waals surface area contributed by atoms with Gasteiger partial charge in [-0.15, -0.1) is 5.10 Å². The molecule has 1 saturated heterocycles. The maximum absolute atomic E-state index is 11.1. The highest BCUT2D eigenvalue weighted by Gasteiger charge is 2.16. The van der Waals surface area contributed by atoms with Crippen LogP contribution in [0.5, 0.6) is 0 Å². The second-order valence-corrected chi connectivity index (χ2v) is 5.28. The van der Waals surface area contributed by atoms with E-state index in [0.29, 0.717) is 22.0 Å². The number of carbonyl (C=O) groups excluding carboxylic acids is 1. The molecule has 1 aromatic rings. The zero-order valence-corrected chi connectivity index (χ0v) is 11.8. The summed E-state index contributed by atoms with van der Waals surface area (Å²) in [5.74, 6) is -0.716. The summed E-state index contributed by atoms with van der Waals surface area (Å²) >= 11 is 1.28. The predicted octanol–water partition coefficient (Wildman–Crippen LogP) is 1.55. The Morgan fingerprint density at radius 2 is 2.15 bits per heavy atom. The van der Waals surface area contributed by atoms with Gasteiger partial charge in [0.15, 0.2) is 5.17 Å². The number of benzene rings is 1. The van der Waals surface area contributed by atoms with Gasteiger partial charge in [-0.3, -0.25) is 4.79 Å². The molecule has 2 rings (SSSR count). The molecule has 0 saturated carbocycles. The third-order valence-corrected chi connectivity index (χ3v) is 3.64. The fourth-order valence-corrected chi connectivity index (χ4v) is 2.39. The van der Waals surface area contributed by atoms with E-state index in [1.165, 1.54) is 18.0 Å². The molecule has 1 aliphatic rings. The molecule has 2 N–H and O–H groups in total. The maximum atomic E-state index is 11.1. The van der Waals surface area contributed by atoms with E-state index < -0.39 is 5.97 Å². The lowest BCUT2D eigenvalue weighted by Gasteiger charge is -2.05. The van der Waals surface area contributed by atoms with Gasteiger partial charge in [0.25, 0.3) is 0 Å². The van der Waals surface area contributed by atoms with Crippen LogP contribution in [-0.4, -0.2) is 34.1 Å². The molecule has 1 amide bonds. The van der Waals surface area contributed by atoms with Crippen molar-refractivity contribution in [3.63, 3.8) is 0 Å². The van der Waals surface area contributed by atoms with Gasteiger partial charge in [-0.05, 0) is 36.6 Å². The van der Waals surface area contributed by atoms with Crippen LogP contribution in [0.3, 0.4) is 0 Å². The zero-order chi connectivity index (χ0) is 14.7. The second kappa shape index (κ2) is 5.87. The summed E-state index contributed by atoms with van der Waals surface area (Å²) in [6.45, 7) is 3.63. The minimum atomic E-state index is -0.970. The lowest BCUT2D eigenvalue weighted by molar-refractivity contribution is -0.116. The van der Waals surface area contributed by atoms with E-state index in [9.17, 15) is 9.59 Å². The van der Waals surface area contributed by atoms with Crippen molar-refractivity contribution in [1.82, 2.24) is 5.32 Å². The van der Waals surface area contributed by atoms with Gasteiger partial charge in [0.1, 0.15) is 0 Å². The molecule has 6 nitrogen and oxygen atoms in total. The number of nitrogens with one attached hydrogen (secondary N) is 1. The smallest absolute Gasteiger partial charge is 0.335 e. The molecule has 1 aliphatic heterocycles. The predicted molar refractivity (Wildman–Crippen MR) is 78.5 cm³/mol. The fourth-order valence-electron chi connectivity index (χ4n) is 1.76. The van der Waals surface area contributed by atoms with Gasteiger partial charge in [-0.1, -0.05) is 17.8 Å². The van der Waals surface area contributed by atoms with Gasteiger partial charge in [-0.25, -0.2) is 4.79 Å². The monoisotopic (exact) mass is 291 g/mol. The number of carboxylic acid groups (broad SMARTS) is 1.